The number of halogens is 1. The van der Waals surface area contributed by atoms with Gasteiger partial charge in [-0.3, -0.25) is 9.59 Å². The summed E-state index contributed by atoms with van der Waals surface area (Å²) < 4.78 is 0. The van der Waals surface area contributed by atoms with Crippen molar-refractivity contribution in [2.75, 3.05) is 5.32 Å². The zero-order chi connectivity index (χ0) is 26.0. The van der Waals surface area contributed by atoms with Gasteiger partial charge in [0.2, 0.25) is 0 Å². The first-order chi connectivity index (χ1) is 16.8. The molecule has 6 nitrogen and oxygen atoms in total. The van der Waals surface area contributed by atoms with E-state index in [9.17, 15) is 9.59 Å². The van der Waals surface area contributed by atoms with E-state index in [1.54, 1.807) is 50.3 Å². The first-order valence-corrected chi connectivity index (χ1v) is 12.1. The second-order valence-electron chi connectivity index (χ2n) is 7.11. The quantitative estimate of drug-likeness (QED) is 0.262. The first kappa shape index (κ1) is 27.8. The Labute approximate surface area is 213 Å². The smallest absolute Gasteiger partial charge is 0.274 e. The topological polar surface area (TPSA) is 86.9 Å². The first-order valence-electron chi connectivity index (χ1n) is 11.1. The van der Waals surface area contributed by atoms with E-state index in [0.717, 1.165) is 10.9 Å². The molecule has 0 aliphatic carbocycles. The fourth-order valence-corrected chi connectivity index (χ4v) is 3.45. The van der Waals surface area contributed by atoms with Crippen LogP contribution >= 0.6 is 20.8 Å². The van der Waals surface area contributed by atoms with Gasteiger partial charge in [-0.25, -0.2) is 4.98 Å². The molecule has 3 rings (SSSR count). The summed E-state index contributed by atoms with van der Waals surface area (Å²) in [5.74, 6) is -0.154. The number of H-pyrrole nitrogens is 1. The second kappa shape index (κ2) is 13.4. The molecule has 2 aromatic carbocycles. The molecule has 0 bridgehead atoms. The summed E-state index contributed by atoms with van der Waals surface area (Å²) in [6, 6.07) is 12.4. The van der Waals surface area contributed by atoms with Gasteiger partial charge in [-0.1, -0.05) is 74.5 Å². The molecule has 1 aromatic heterocycles. The standard InChI is InChI=1S/C25H24ClN4O2P.C2H6/c1-4-6-7-17(5-2)29-24(31)20-14-18(10-13-21(20)26)30-25(32)23-22(27-15(3)28-23)16-8-11-19(33)12-9-16;1-2/h4-14H,1,33H2,2-3H3,(H,27,28)(H,29,31)(H,30,32);1-2H3/b7-6-,17-5+;. The Morgan fingerprint density at radius 1 is 1.11 bits per heavy atom. The Kier molecular flexibility index (Phi) is 10.7. The van der Waals surface area contributed by atoms with E-state index < -0.39 is 5.91 Å². The Morgan fingerprint density at radius 2 is 1.80 bits per heavy atom. The number of rotatable bonds is 7. The lowest BCUT2D eigenvalue weighted by atomic mass is 10.1. The van der Waals surface area contributed by atoms with Crippen molar-refractivity contribution in [3.8, 4) is 11.3 Å². The summed E-state index contributed by atoms with van der Waals surface area (Å²) in [5, 5.41) is 6.90. The number of nitrogens with one attached hydrogen (secondary N) is 3. The molecule has 3 N–H and O–H groups in total. The van der Waals surface area contributed by atoms with Gasteiger partial charge in [0.1, 0.15) is 17.2 Å². The molecule has 0 saturated heterocycles. The van der Waals surface area contributed by atoms with Crippen LogP contribution in [0.5, 0.6) is 0 Å². The van der Waals surface area contributed by atoms with E-state index in [1.165, 1.54) is 6.07 Å². The number of hydrogen-bond donors (Lipinski definition) is 3. The average Bonchev–Trinajstić information content (AvgIpc) is 3.26. The minimum absolute atomic E-state index is 0.234. The van der Waals surface area contributed by atoms with Gasteiger partial charge in [0.15, 0.2) is 0 Å². The minimum atomic E-state index is -0.395. The van der Waals surface area contributed by atoms with Crippen molar-refractivity contribution in [3.63, 3.8) is 0 Å². The molecule has 0 radical (unpaired) electrons. The summed E-state index contributed by atoms with van der Waals surface area (Å²) in [7, 11) is 2.62. The average molecular weight is 509 g/mol. The predicted octanol–water partition coefficient (Wildman–Crippen LogP) is 6.19. The Hall–Kier alpha value is -3.47. The van der Waals surface area contributed by atoms with Crippen LogP contribution in [-0.4, -0.2) is 21.8 Å². The number of carbonyl (C=O) groups is 2. The van der Waals surface area contributed by atoms with Crippen LogP contribution in [0, 0.1) is 6.92 Å². The molecule has 0 spiro atoms. The van der Waals surface area contributed by atoms with Gasteiger partial charge in [0, 0.05) is 16.9 Å². The predicted molar refractivity (Wildman–Crippen MR) is 149 cm³/mol. The molecule has 1 heterocycles. The van der Waals surface area contributed by atoms with E-state index in [1.807, 2.05) is 38.1 Å². The molecule has 3 aromatic rings. The number of amides is 2. The van der Waals surface area contributed by atoms with Gasteiger partial charge in [-0.2, -0.15) is 0 Å². The second-order valence-corrected chi connectivity index (χ2v) is 8.18. The number of aromatic amines is 1. The number of aromatic nitrogens is 2. The largest absolute Gasteiger partial charge is 0.338 e. The van der Waals surface area contributed by atoms with E-state index >= 15 is 0 Å². The number of allylic oxidation sites excluding steroid dienone is 4. The number of imidazole rings is 1. The molecule has 2 amide bonds. The lowest BCUT2D eigenvalue weighted by molar-refractivity contribution is 0.0965. The van der Waals surface area contributed by atoms with Gasteiger partial charge in [-0.15, -0.1) is 9.24 Å². The Bertz CT molecular complexity index is 1260. The molecule has 0 saturated carbocycles. The zero-order valence-corrected chi connectivity index (χ0v) is 22.2. The summed E-state index contributed by atoms with van der Waals surface area (Å²) in [6.07, 6.45) is 6.80. The highest BCUT2D eigenvalue weighted by Crippen LogP contribution is 2.24. The monoisotopic (exact) mass is 508 g/mol. The van der Waals surface area contributed by atoms with Crippen molar-refractivity contribution < 1.29 is 9.59 Å². The van der Waals surface area contributed by atoms with Gasteiger partial charge in [-0.05, 0) is 43.4 Å². The highest BCUT2D eigenvalue weighted by molar-refractivity contribution is 7.27. The van der Waals surface area contributed by atoms with Crippen LogP contribution in [0.4, 0.5) is 5.69 Å². The van der Waals surface area contributed by atoms with Crippen LogP contribution in [0.3, 0.4) is 0 Å². The number of anilines is 1. The van der Waals surface area contributed by atoms with Crippen LogP contribution in [0.15, 0.2) is 79.0 Å². The van der Waals surface area contributed by atoms with E-state index in [2.05, 4.69) is 36.4 Å². The van der Waals surface area contributed by atoms with Crippen molar-refractivity contribution in [3.05, 3.63) is 101 Å². The number of nitrogens with zero attached hydrogens (tertiary/aromatic N) is 1. The lowest BCUT2D eigenvalue weighted by Crippen LogP contribution is -2.22. The van der Waals surface area contributed by atoms with Gasteiger partial charge < -0.3 is 15.6 Å². The van der Waals surface area contributed by atoms with Crippen LogP contribution in [-0.2, 0) is 0 Å². The van der Waals surface area contributed by atoms with E-state index in [0.29, 0.717) is 28.6 Å². The van der Waals surface area contributed by atoms with Gasteiger partial charge in [0.05, 0.1) is 10.6 Å². The number of carbonyl (C=O) groups excluding carboxylic acids is 2. The fraction of sp³-hybridized carbons (Fsp3) is 0.148. The normalized spacial score (nSPS) is 11.0. The summed E-state index contributed by atoms with van der Waals surface area (Å²) >= 11 is 6.25. The van der Waals surface area contributed by atoms with Gasteiger partial charge >= 0.3 is 0 Å². The van der Waals surface area contributed by atoms with Crippen molar-refractivity contribution in [2.45, 2.75) is 27.7 Å². The third kappa shape index (κ3) is 7.51. The molecule has 1 unspecified atom stereocenters. The Morgan fingerprint density at radius 3 is 2.43 bits per heavy atom. The molecular weight excluding hydrogens is 479 g/mol. The molecule has 0 aliphatic rings. The van der Waals surface area contributed by atoms with Crippen LogP contribution in [0.25, 0.3) is 11.3 Å². The Balaban J connectivity index is 0.00000210. The number of aryl methyl sites for hydroxylation is 1. The maximum atomic E-state index is 13.0. The van der Waals surface area contributed by atoms with Crippen molar-refractivity contribution >= 4 is 43.6 Å². The summed E-state index contributed by atoms with van der Waals surface area (Å²) in [6.45, 7) is 11.2. The third-order valence-corrected chi connectivity index (χ3v) is 5.40. The third-order valence-electron chi connectivity index (χ3n) is 4.68. The van der Waals surface area contributed by atoms with Crippen LogP contribution in [0.1, 0.15) is 47.4 Å². The van der Waals surface area contributed by atoms with Crippen molar-refractivity contribution in [1.29, 1.82) is 0 Å². The maximum absolute atomic E-state index is 13.0. The molecule has 35 heavy (non-hydrogen) atoms. The minimum Gasteiger partial charge on any atom is -0.338 e. The fourth-order valence-electron chi connectivity index (χ4n) is 3.06. The zero-order valence-electron chi connectivity index (χ0n) is 20.3. The van der Waals surface area contributed by atoms with E-state index in [-0.39, 0.29) is 16.5 Å². The van der Waals surface area contributed by atoms with Gasteiger partial charge in [0.25, 0.3) is 11.8 Å². The van der Waals surface area contributed by atoms with Crippen molar-refractivity contribution in [2.24, 2.45) is 0 Å². The number of benzene rings is 2. The summed E-state index contributed by atoms with van der Waals surface area (Å²) in [5.41, 5.74) is 2.96. The van der Waals surface area contributed by atoms with Crippen LogP contribution in [0.2, 0.25) is 5.02 Å². The van der Waals surface area contributed by atoms with E-state index in [4.69, 9.17) is 11.6 Å². The maximum Gasteiger partial charge on any atom is 0.274 e. The highest BCUT2D eigenvalue weighted by atomic mass is 35.5. The molecule has 182 valence electrons. The lowest BCUT2D eigenvalue weighted by Gasteiger charge is -2.11. The SMILES string of the molecule is C=C/C=C\C(=C/C)NC(=O)c1cc(NC(=O)c2[nH]c(C)nc2-c2ccc(P)cc2)ccc1Cl.CC. The summed E-state index contributed by atoms with van der Waals surface area (Å²) in [4.78, 5) is 33.3. The molecule has 0 fully saturated rings. The number of hydrogen-bond acceptors (Lipinski definition) is 3. The molecule has 0 aliphatic heterocycles. The molecular formula is C27H30ClN4O2P. The molecule has 8 heteroatoms. The van der Waals surface area contributed by atoms with Crippen LogP contribution < -0.4 is 15.9 Å². The molecule has 1 atom stereocenters. The van der Waals surface area contributed by atoms with Crippen molar-refractivity contribution in [1.82, 2.24) is 15.3 Å². The highest BCUT2D eigenvalue weighted by Gasteiger charge is 2.19.